The van der Waals surface area contributed by atoms with E-state index >= 15 is 0 Å². The molecule has 2 aliphatic rings. The molecule has 2 N–H and O–H groups in total. The number of amides is 1. The molecule has 0 saturated carbocycles. The Morgan fingerprint density at radius 3 is 2.15 bits per heavy atom. The summed E-state index contributed by atoms with van der Waals surface area (Å²) in [5, 5.41) is 14.2. The van der Waals surface area contributed by atoms with E-state index < -0.39 is 24.3 Å². The third kappa shape index (κ3) is 9.36. The van der Waals surface area contributed by atoms with E-state index in [9.17, 15) is 31.1 Å². The summed E-state index contributed by atoms with van der Waals surface area (Å²) in [6.07, 6.45) is -1.38. The molecule has 0 aliphatic carbocycles. The van der Waals surface area contributed by atoms with Gasteiger partial charge < -0.3 is 24.6 Å². The molecule has 4 heterocycles. The number of aliphatic carboxylic acids is 2. The van der Waals surface area contributed by atoms with Crippen molar-refractivity contribution in [3.05, 3.63) is 54.1 Å². The van der Waals surface area contributed by atoms with Crippen LogP contribution in [0.25, 0.3) is 0 Å². The highest BCUT2D eigenvalue weighted by molar-refractivity contribution is 5.94. The molecule has 0 radical (unpaired) electrons. The minimum atomic E-state index is -5.08. The highest BCUT2D eigenvalue weighted by Gasteiger charge is 2.54. The number of carboxylic acids is 2. The van der Waals surface area contributed by atoms with E-state index in [0.717, 1.165) is 30.8 Å². The number of carbonyl (C=O) groups excluding carboxylic acids is 1. The molecule has 2 aromatic heterocycles. The van der Waals surface area contributed by atoms with Crippen LogP contribution in [0.1, 0.15) is 28.8 Å². The predicted octanol–water partition coefficient (Wildman–Crippen LogP) is 3.75. The first-order chi connectivity index (χ1) is 18.5. The number of alkyl halides is 6. The number of ether oxygens (including phenoxy) is 2. The lowest BCUT2D eigenvalue weighted by molar-refractivity contribution is -0.193. The van der Waals surface area contributed by atoms with E-state index in [1.807, 2.05) is 30.0 Å². The van der Waals surface area contributed by atoms with Crippen molar-refractivity contribution >= 4 is 17.8 Å². The topological polar surface area (TPSA) is 139 Å². The second kappa shape index (κ2) is 13.4. The first kappa shape index (κ1) is 32.3. The molecule has 1 spiro atoms. The van der Waals surface area contributed by atoms with Crippen LogP contribution in [0.3, 0.4) is 0 Å². The summed E-state index contributed by atoms with van der Waals surface area (Å²) in [7, 11) is 0. The van der Waals surface area contributed by atoms with Crippen LogP contribution < -0.4 is 4.74 Å². The van der Waals surface area contributed by atoms with Crippen LogP contribution in [0, 0.1) is 12.8 Å². The van der Waals surface area contributed by atoms with E-state index in [2.05, 4.69) is 9.97 Å². The molecule has 2 saturated heterocycles. The van der Waals surface area contributed by atoms with Crippen LogP contribution in [-0.4, -0.2) is 87.2 Å². The van der Waals surface area contributed by atoms with E-state index in [1.165, 1.54) is 0 Å². The van der Waals surface area contributed by atoms with Crippen LogP contribution in [0.4, 0.5) is 26.3 Å². The van der Waals surface area contributed by atoms with Crippen LogP contribution in [0.15, 0.2) is 43.0 Å². The van der Waals surface area contributed by atoms with Crippen LogP contribution >= 0.6 is 0 Å². The zero-order valence-corrected chi connectivity index (χ0v) is 20.9. The van der Waals surface area contributed by atoms with Gasteiger partial charge >= 0.3 is 24.3 Å². The Morgan fingerprint density at radius 1 is 1.05 bits per heavy atom. The van der Waals surface area contributed by atoms with Crippen molar-refractivity contribution in [2.75, 3.05) is 26.3 Å². The van der Waals surface area contributed by atoms with Crippen molar-refractivity contribution in [2.45, 2.75) is 37.7 Å². The summed E-state index contributed by atoms with van der Waals surface area (Å²) in [5.74, 6) is -4.27. The fourth-order valence-corrected chi connectivity index (χ4v) is 3.89. The molecule has 1 amide bonds. The number of likely N-dealkylation sites (tertiary alicyclic amines) is 1. The highest BCUT2D eigenvalue weighted by atomic mass is 19.4. The van der Waals surface area contributed by atoms with Gasteiger partial charge in [-0.2, -0.15) is 26.3 Å². The first-order valence-corrected chi connectivity index (χ1v) is 11.5. The number of aromatic nitrogens is 2. The van der Waals surface area contributed by atoms with E-state index in [-0.39, 0.29) is 11.5 Å². The number of carbonyl (C=O) groups is 3. The van der Waals surface area contributed by atoms with E-state index in [4.69, 9.17) is 29.3 Å². The molecule has 220 valence electrons. The van der Waals surface area contributed by atoms with Gasteiger partial charge in [-0.05, 0) is 49.4 Å². The average molecular weight is 581 g/mol. The van der Waals surface area contributed by atoms with Gasteiger partial charge in [-0.1, -0.05) is 0 Å². The van der Waals surface area contributed by atoms with Gasteiger partial charge in [0.25, 0.3) is 5.91 Å². The fourth-order valence-electron chi connectivity index (χ4n) is 3.89. The molecule has 40 heavy (non-hydrogen) atoms. The molecular weight excluding hydrogens is 556 g/mol. The van der Waals surface area contributed by atoms with E-state index in [1.54, 1.807) is 24.8 Å². The summed E-state index contributed by atoms with van der Waals surface area (Å²) in [6.45, 7) is 4.64. The third-order valence-corrected chi connectivity index (χ3v) is 5.78. The highest BCUT2D eigenvalue weighted by Crippen LogP contribution is 2.42. The Hall–Kier alpha value is -3.95. The minimum absolute atomic E-state index is 0.0349. The zero-order valence-electron chi connectivity index (χ0n) is 20.9. The Balaban J connectivity index is 0.000000333. The standard InChI is InChI=1S/C20H23N3O3.2C2HF3O2/c1-15-9-16(11-22-10-15)19(24)23-13-20(14-23)17(5-8-26-20)4-7-25-18-3-2-6-21-12-18;2*3-2(4,5)1(6)7/h2-3,6,9-12,17H,4-5,7-8,13-14H2,1H3;2*(H,6,7). The second-order valence-corrected chi connectivity index (χ2v) is 8.74. The Morgan fingerprint density at radius 2 is 1.65 bits per heavy atom. The van der Waals surface area contributed by atoms with Crippen molar-refractivity contribution in [3.8, 4) is 5.75 Å². The number of pyridine rings is 2. The molecule has 16 heteroatoms. The van der Waals surface area contributed by atoms with Gasteiger partial charge in [0, 0.05) is 25.2 Å². The average Bonchev–Trinajstić information content (AvgIpc) is 3.27. The second-order valence-electron chi connectivity index (χ2n) is 8.74. The summed E-state index contributed by atoms with van der Waals surface area (Å²) in [5.41, 5.74) is 1.44. The van der Waals surface area contributed by atoms with Crippen LogP contribution in [-0.2, 0) is 14.3 Å². The molecule has 2 aromatic rings. The Bertz CT molecular complexity index is 1130. The number of rotatable bonds is 5. The quantitative estimate of drug-likeness (QED) is 0.506. The molecule has 2 aliphatic heterocycles. The van der Waals surface area contributed by atoms with Crippen molar-refractivity contribution in [1.82, 2.24) is 14.9 Å². The summed E-state index contributed by atoms with van der Waals surface area (Å²) in [6, 6.07) is 5.66. The zero-order chi connectivity index (χ0) is 30.1. The number of aryl methyl sites for hydroxylation is 1. The third-order valence-electron chi connectivity index (χ3n) is 5.78. The van der Waals surface area contributed by atoms with E-state index in [0.29, 0.717) is 31.2 Å². The fraction of sp³-hybridized carbons (Fsp3) is 0.458. The lowest BCUT2D eigenvalue weighted by Gasteiger charge is -2.50. The molecule has 1 atom stereocenters. The monoisotopic (exact) mass is 581 g/mol. The molecular formula is C24H25F6N3O7. The largest absolute Gasteiger partial charge is 0.492 e. The van der Waals surface area contributed by atoms with Crippen molar-refractivity contribution < 1.29 is 60.4 Å². The number of hydrogen-bond acceptors (Lipinski definition) is 7. The van der Waals surface area contributed by atoms with Gasteiger partial charge in [-0.3, -0.25) is 14.8 Å². The maximum atomic E-state index is 12.6. The molecule has 0 bridgehead atoms. The smallest absolute Gasteiger partial charge is 0.490 e. The maximum Gasteiger partial charge on any atom is 0.490 e. The number of halogens is 6. The minimum Gasteiger partial charge on any atom is -0.492 e. The Labute approximate surface area is 223 Å². The molecule has 1 unspecified atom stereocenters. The summed E-state index contributed by atoms with van der Waals surface area (Å²) in [4.78, 5) is 40.4. The number of carboxylic acid groups (broad SMARTS) is 2. The molecule has 0 aromatic carbocycles. The molecule has 4 rings (SSSR count). The Kier molecular flexibility index (Phi) is 10.8. The lowest BCUT2D eigenvalue weighted by Crippen LogP contribution is -2.66. The van der Waals surface area contributed by atoms with Gasteiger partial charge in [0.05, 0.1) is 31.5 Å². The van der Waals surface area contributed by atoms with Gasteiger partial charge in [-0.25, -0.2) is 9.59 Å². The summed E-state index contributed by atoms with van der Waals surface area (Å²) >= 11 is 0. The molecule has 10 nitrogen and oxygen atoms in total. The van der Waals surface area contributed by atoms with Crippen molar-refractivity contribution in [3.63, 3.8) is 0 Å². The summed E-state index contributed by atoms with van der Waals surface area (Å²) < 4.78 is 75.3. The van der Waals surface area contributed by atoms with Crippen molar-refractivity contribution in [1.29, 1.82) is 0 Å². The van der Waals surface area contributed by atoms with Gasteiger partial charge in [0.2, 0.25) is 0 Å². The maximum absolute atomic E-state index is 12.6. The normalized spacial score (nSPS) is 17.5. The number of hydrogen-bond donors (Lipinski definition) is 2. The van der Waals surface area contributed by atoms with Crippen LogP contribution in [0.2, 0.25) is 0 Å². The van der Waals surface area contributed by atoms with Crippen LogP contribution in [0.5, 0.6) is 5.75 Å². The lowest BCUT2D eigenvalue weighted by atomic mass is 9.79. The predicted molar refractivity (Wildman–Crippen MR) is 123 cm³/mol. The SMILES string of the molecule is Cc1cncc(C(=O)N2CC3(C2)OCCC3CCOc2cccnc2)c1.O=C(O)C(F)(F)F.O=C(O)C(F)(F)F. The first-order valence-electron chi connectivity index (χ1n) is 11.5. The number of nitrogens with zero attached hydrogens (tertiary/aromatic N) is 3. The van der Waals surface area contributed by atoms with Crippen molar-refractivity contribution in [2.24, 2.45) is 5.92 Å². The van der Waals surface area contributed by atoms with Gasteiger partial charge in [-0.15, -0.1) is 0 Å². The van der Waals surface area contributed by atoms with Gasteiger partial charge in [0.1, 0.15) is 11.4 Å². The van der Waals surface area contributed by atoms with Gasteiger partial charge in [0.15, 0.2) is 0 Å². The molecule has 2 fully saturated rings.